The highest BCUT2D eigenvalue weighted by Crippen LogP contribution is 2.37. The molecular weight excluding hydrogens is 227 g/mol. The fourth-order valence-electron chi connectivity index (χ4n) is 3.05. The number of benzene rings is 1. The summed E-state index contributed by atoms with van der Waals surface area (Å²) in [5.41, 5.74) is 4.54. The van der Waals surface area contributed by atoms with Crippen LogP contribution in [-0.2, 0) is 6.42 Å². The van der Waals surface area contributed by atoms with Crippen LogP contribution in [0.4, 0.5) is 4.39 Å². The topological polar surface area (TPSA) is 28.7 Å². The minimum absolute atomic E-state index is 0.298. The lowest BCUT2D eigenvalue weighted by molar-refractivity contribution is 0.582. The molecule has 3 heteroatoms. The molecule has 1 atom stereocenters. The van der Waals surface area contributed by atoms with E-state index in [1.165, 1.54) is 24.0 Å². The molecule has 1 aromatic heterocycles. The van der Waals surface area contributed by atoms with Crippen LogP contribution in [0.25, 0.3) is 10.9 Å². The maximum atomic E-state index is 13.6. The van der Waals surface area contributed by atoms with Crippen LogP contribution in [0.2, 0.25) is 0 Å². The highest BCUT2D eigenvalue weighted by molar-refractivity contribution is 5.84. The molecule has 2 nitrogen and oxygen atoms in total. The standard InChI is InChI=1S/C13H15FN2.C2H6/c1-7-4-3-5-9-6-10-12(8(2)11(7)9)13(14)16-15-10;1-2/h6-7H,3-5H2,1-2H3,(H,15,16);1-2H3. The SMILES string of the molecule is CC.Cc1c2c(cc3n[nH]c(F)c13)CCCC2C. The lowest BCUT2D eigenvalue weighted by atomic mass is 9.80. The van der Waals surface area contributed by atoms with E-state index in [4.69, 9.17) is 0 Å². The maximum absolute atomic E-state index is 13.6. The van der Waals surface area contributed by atoms with Crippen LogP contribution >= 0.6 is 0 Å². The number of H-pyrrole nitrogens is 1. The van der Waals surface area contributed by atoms with E-state index >= 15 is 0 Å². The summed E-state index contributed by atoms with van der Waals surface area (Å²) >= 11 is 0. The Labute approximate surface area is 108 Å². The van der Waals surface area contributed by atoms with Gasteiger partial charge < -0.3 is 0 Å². The number of rotatable bonds is 0. The van der Waals surface area contributed by atoms with E-state index in [2.05, 4.69) is 17.1 Å². The van der Waals surface area contributed by atoms with Crippen molar-refractivity contribution in [3.8, 4) is 0 Å². The van der Waals surface area contributed by atoms with Gasteiger partial charge in [0.1, 0.15) is 0 Å². The number of hydrogen-bond acceptors (Lipinski definition) is 1. The zero-order valence-electron chi connectivity index (χ0n) is 11.6. The van der Waals surface area contributed by atoms with Crippen molar-refractivity contribution in [3.63, 3.8) is 0 Å². The Bertz CT molecular complexity index is 557. The van der Waals surface area contributed by atoms with Crippen LogP contribution in [0, 0.1) is 12.9 Å². The van der Waals surface area contributed by atoms with Crippen molar-refractivity contribution < 1.29 is 4.39 Å². The van der Waals surface area contributed by atoms with Crippen LogP contribution in [-0.4, -0.2) is 10.2 Å². The van der Waals surface area contributed by atoms with Gasteiger partial charge in [0.25, 0.3) is 0 Å². The molecule has 0 bridgehead atoms. The molecule has 2 aromatic rings. The highest BCUT2D eigenvalue weighted by atomic mass is 19.1. The van der Waals surface area contributed by atoms with Gasteiger partial charge in [-0.1, -0.05) is 20.8 Å². The van der Waals surface area contributed by atoms with E-state index in [0.29, 0.717) is 11.3 Å². The molecule has 98 valence electrons. The van der Waals surface area contributed by atoms with E-state index in [1.807, 2.05) is 26.8 Å². The first-order chi connectivity index (χ1) is 8.68. The van der Waals surface area contributed by atoms with Crippen molar-refractivity contribution in [3.05, 3.63) is 28.7 Å². The molecular formula is C15H21FN2. The first kappa shape index (κ1) is 13.1. The first-order valence-electron chi connectivity index (χ1n) is 6.84. The molecule has 0 saturated heterocycles. The van der Waals surface area contributed by atoms with Gasteiger partial charge in [0, 0.05) is 0 Å². The number of nitrogens with one attached hydrogen (secondary N) is 1. The van der Waals surface area contributed by atoms with Crippen molar-refractivity contribution >= 4 is 10.9 Å². The average molecular weight is 248 g/mol. The number of aromatic nitrogens is 2. The van der Waals surface area contributed by atoms with Gasteiger partial charge in [-0.25, -0.2) is 0 Å². The second-order valence-corrected chi connectivity index (χ2v) is 4.80. The van der Waals surface area contributed by atoms with Crippen LogP contribution in [0.15, 0.2) is 6.07 Å². The molecule has 1 aliphatic rings. The van der Waals surface area contributed by atoms with Gasteiger partial charge in [0.2, 0.25) is 5.95 Å². The van der Waals surface area contributed by atoms with Crippen LogP contribution < -0.4 is 0 Å². The minimum atomic E-state index is -0.298. The van der Waals surface area contributed by atoms with Gasteiger partial charge in [-0.15, -0.1) is 0 Å². The number of halogens is 1. The van der Waals surface area contributed by atoms with E-state index in [9.17, 15) is 4.39 Å². The Morgan fingerprint density at radius 3 is 2.83 bits per heavy atom. The molecule has 0 aliphatic heterocycles. The second-order valence-electron chi connectivity index (χ2n) is 4.80. The lowest BCUT2D eigenvalue weighted by Crippen LogP contribution is -2.09. The molecule has 0 saturated carbocycles. The Balaban J connectivity index is 0.000000574. The summed E-state index contributed by atoms with van der Waals surface area (Å²) in [6.45, 7) is 8.25. The average Bonchev–Trinajstić information content (AvgIpc) is 2.74. The zero-order valence-corrected chi connectivity index (χ0v) is 11.6. The largest absolute Gasteiger partial charge is 0.252 e. The van der Waals surface area contributed by atoms with E-state index < -0.39 is 0 Å². The fourth-order valence-corrected chi connectivity index (χ4v) is 3.05. The summed E-state index contributed by atoms with van der Waals surface area (Å²) in [4.78, 5) is 0. The highest BCUT2D eigenvalue weighted by Gasteiger charge is 2.22. The summed E-state index contributed by atoms with van der Waals surface area (Å²) in [6, 6.07) is 2.05. The van der Waals surface area contributed by atoms with Gasteiger partial charge in [-0.2, -0.15) is 9.49 Å². The van der Waals surface area contributed by atoms with Crippen molar-refractivity contribution in [2.45, 2.75) is 52.9 Å². The van der Waals surface area contributed by atoms with E-state index in [-0.39, 0.29) is 5.95 Å². The van der Waals surface area contributed by atoms with Crippen molar-refractivity contribution in [2.75, 3.05) is 0 Å². The van der Waals surface area contributed by atoms with Gasteiger partial charge in [-0.3, -0.25) is 5.10 Å². The van der Waals surface area contributed by atoms with Crippen molar-refractivity contribution in [2.24, 2.45) is 0 Å². The quantitative estimate of drug-likeness (QED) is 0.731. The van der Waals surface area contributed by atoms with Gasteiger partial charge in [0.05, 0.1) is 10.9 Å². The summed E-state index contributed by atoms with van der Waals surface area (Å²) in [5, 5.41) is 7.12. The number of hydrogen-bond donors (Lipinski definition) is 1. The van der Waals surface area contributed by atoms with Gasteiger partial charge in [-0.05, 0) is 54.9 Å². The Morgan fingerprint density at radius 1 is 1.39 bits per heavy atom. The zero-order chi connectivity index (χ0) is 13.3. The Hall–Kier alpha value is -1.38. The molecule has 1 aliphatic carbocycles. The Kier molecular flexibility index (Phi) is 3.69. The summed E-state index contributed by atoms with van der Waals surface area (Å²) < 4.78 is 13.6. The molecule has 1 N–H and O–H groups in total. The van der Waals surface area contributed by atoms with Crippen molar-refractivity contribution in [1.29, 1.82) is 0 Å². The predicted molar refractivity (Wildman–Crippen MR) is 73.5 cm³/mol. The van der Waals surface area contributed by atoms with Crippen LogP contribution in [0.3, 0.4) is 0 Å². The monoisotopic (exact) mass is 248 g/mol. The molecule has 0 radical (unpaired) electrons. The van der Waals surface area contributed by atoms with Gasteiger partial charge in [0.15, 0.2) is 0 Å². The summed E-state index contributed by atoms with van der Waals surface area (Å²) in [7, 11) is 0. The predicted octanol–water partition coefficient (Wildman–Crippen LogP) is 4.48. The molecule has 1 heterocycles. The van der Waals surface area contributed by atoms with Crippen LogP contribution in [0.5, 0.6) is 0 Å². The minimum Gasteiger partial charge on any atom is -0.252 e. The molecule has 1 aromatic carbocycles. The number of fused-ring (bicyclic) bond motifs is 2. The molecule has 3 rings (SSSR count). The third-order valence-electron chi connectivity index (χ3n) is 3.76. The Morgan fingerprint density at radius 2 is 2.11 bits per heavy atom. The summed E-state index contributed by atoms with van der Waals surface area (Å²) in [6.07, 6.45) is 3.54. The van der Waals surface area contributed by atoms with E-state index in [1.54, 1.807) is 0 Å². The molecule has 0 spiro atoms. The third kappa shape index (κ3) is 1.92. The molecule has 0 amide bonds. The number of aryl methyl sites for hydroxylation is 2. The number of aromatic amines is 1. The lowest BCUT2D eigenvalue weighted by Gasteiger charge is -2.24. The number of nitrogens with zero attached hydrogens (tertiary/aromatic N) is 1. The molecule has 0 fully saturated rings. The van der Waals surface area contributed by atoms with Gasteiger partial charge >= 0.3 is 0 Å². The molecule has 1 unspecified atom stereocenters. The molecule has 18 heavy (non-hydrogen) atoms. The third-order valence-corrected chi connectivity index (χ3v) is 3.76. The normalized spacial score (nSPS) is 18.2. The first-order valence-corrected chi connectivity index (χ1v) is 6.84. The van der Waals surface area contributed by atoms with Crippen LogP contribution in [0.1, 0.15) is 56.2 Å². The summed E-state index contributed by atoms with van der Waals surface area (Å²) in [5.74, 6) is 0.246. The van der Waals surface area contributed by atoms with E-state index in [0.717, 1.165) is 17.5 Å². The smallest absolute Gasteiger partial charge is 0.217 e. The van der Waals surface area contributed by atoms with Crippen molar-refractivity contribution in [1.82, 2.24) is 10.2 Å². The second kappa shape index (κ2) is 5.09. The maximum Gasteiger partial charge on any atom is 0.217 e. The fraction of sp³-hybridized carbons (Fsp3) is 0.533.